The van der Waals surface area contributed by atoms with E-state index in [1.165, 1.54) is 0 Å². The summed E-state index contributed by atoms with van der Waals surface area (Å²) in [6.45, 7) is 4.67. The van der Waals surface area contributed by atoms with E-state index in [0.29, 0.717) is 12.3 Å². The molecule has 6 nitrogen and oxygen atoms in total. The maximum Gasteiger partial charge on any atom is 0.225 e. The van der Waals surface area contributed by atoms with Crippen LogP contribution in [0.15, 0.2) is 12.3 Å². The van der Waals surface area contributed by atoms with Gasteiger partial charge >= 0.3 is 0 Å². The Morgan fingerprint density at radius 3 is 2.86 bits per heavy atom. The maximum atomic E-state index is 11.7. The fourth-order valence-electron chi connectivity index (χ4n) is 2.80. The molecule has 0 aromatic carbocycles. The van der Waals surface area contributed by atoms with E-state index < -0.39 is 0 Å². The SMILES string of the molecule is Cc1cc2nn(C)cc2c(O[C@H](C)[C@@H]2CC(=O)N(C)C2)n1. The van der Waals surface area contributed by atoms with Crippen LogP contribution < -0.4 is 4.74 Å². The lowest BCUT2D eigenvalue weighted by molar-refractivity contribution is -0.126. The number of fused-ring (bicyclic) bond motifs is 1. The second-order valence-corrected chi connectivity index (χ2v) is 5.87. The Morgan fingerprint density at radius 2 is 2.19 bits per heavy atom. The Labute approximate surface area is 123 Å². The van der Waals surface area contributed by atoms with E-state index in [4.69, 9.17) is 4.74 Å². The van der Waals surface area contributed by atoms with Crippen molar-refractivity contribution in [1.29, 1.82) is 0 Å². The molecule has 6 heteroatoms. The van der Waals surface area contributed by atoms with Crippen LogP contribution in [0.25, 0.3) is 10.9 Å². The molecule has 2 atom stereocenters. The number of carbonyl (C=O) groups is 1. The lowest BCUT2D eigenvalue weighted by atomic mass is 10.0. The molecule has 2 aromatic rings. The van der Waals surface area contributed by atoms with Crippen LogP contribution in [0, 0.1) is 12.8 Å². The number of amides is 1. The lowest BCUT2D eigenvalue weighted by Crippen LogP contribution is -2.27. The maximum absolute atomic E-state index is 11.7. The number of rotatable bonds is 3. The van der Waals surface area contributed by atoms with E-state index in [0.717, 1.165) is 23.1 Å². The van der Waals surface area contributed by atoms with E-state index in [1.807, 2.05) is 40.2 Å². The molecular formula is C15H20N4O2. The average molecular weight is 288 g/mol. The van der Waals surface area contributed by atoms with Gasteiger partial charge < -0.3 is 9.64 Å². The molecule has 3 heterocycles. The van der Waals surface area contributed by atoms with Gasteiger partial charge in [0.2, 0.25) is 11.8 Å². The molecule has 1 fully saturated rings. The first-order valence-corrected chi connectivity index (χ1v) is 7.15. The van der Waals surface area contributed by atoms with Crippen molar-refractivity contribution in [3.8, 4) is 5.88 Å². The molecule has 0 N–H and O–H groups in total. The zero-order valence-electron chi connectivity index (χ0n) is 12.8. The fraction of sp³-hybridized carbons (Fsp3) is 0.533. The largest absolute Gasteiger partial charge is 0.474 e. The molecule has 21 heavy (non-hydrogen) atoms. The van der Waals surface area contributed by atoms with E-state index in [9.17, 15) is 4.79 Å². The number of pyridine rings is 1. The zero-order chi connectivity index (χ0) is 15.1. The Hall–Kier alpha value is -2.11. The average Bonchev–Trinajstić information content (AvgIpc) is 2.92. The summed E-state index contributed by atoms with van der Waals surface area (Å²) in [4.78, 5) is 17.9. The Bertz CT molecular complexity index is 694. The molecule has 0 radical (unpaired) electrons. The van der Waals surface area contributed by atoms with Gasteiger partial charge in [0.25, 0.3) is 0 Å². The van der Waals surface area contributed by atoms with Gasteiger partial charge in [-0.3, -0.25) is 9.48 Å². The third-order valence-electron chi connectivity index (χ3n) is 4.04. The highest BCUT2D eigenvalue weighted by Gasteiger charge is 2.32. The third kappa shape index (κ3) is 2.57. The molecule has 1 aliphatic rings. The van der Waals surface area contributed by atoms with E-state index in [1.54, 1.807) is 9.58 Å². The van der Waals surface area contributed by atoms with Crippen LogP contribution in [-0.2, 0) is 11.8 Å². The first-order valence-electron chi connectivity index (χ1n) is 7.15. The van der Waals surface area contributed by atoms with E-state index >= 15 is 0 Å². The summed E-state index contributed by atoms with van der Waals surface area (Å²) in [5.74, 6) is 0.989. The fourth-order valence-corrected chi connectivity index (χ4v) is 2.80. The van der Waals surface area contributed by atoms with Crippen molar-refractivity contribution in [3.05, 3.63) is 18.0 Å². The van der Waals surface area contributed by atoms with Crippen LogP contribution in [0.5, 0.6) is 5.88 Å². The monoisotopic (exact) mass is 288 g/mol. The highest BCUT2D eigenvalue weighted by molar-refractivity contribution is 5.83. The van der Waals surface area contributed by atoms with Gasteiger partial charge in [-0.15, -0.1) is 0 Å². The number of aryl methyl sites for hydroxylation is 2. The smallest absolute Gasteiger partial charge is 0.225 e. The molecule has 1 aliphatic heterocycles. The lowest BCUT2D eigenvalue weighted by Gasteiger charge is -2.20. The van der Waals surface area contributed by atoms with Crippen molar-refractivity contribution in [2.75, 3.05) is 13.6 Å². The number of aromatic nitrogens is 3. The zero-order valence-corrected chi connectivity index (χ0v) is 12.8. The summed E-state index contributed by atoms with van der Waals surface area (Å²) in [7, 11) is 3.71. The van der Waals surface area contributed by atoms with Crippen LogP contribution in [0.2, 0.25) is 0 Å². The van der Waals surface area contributed by atoms with Crippen molar-refractivity contribution in [1.82, 2.24) is 19.7 Å². The van der Waals surface area contributed by atoms with Crippen LogP contribution in [0.1, 0.15) is 19.0 Å². The molecule has 3 rings (SSSR count). The molecule has 0 aliphatic carbocycles. The standard InChI is InChI=1S/C15H20N4O2/c1-9-5-13-12(8-19(4)17-13)15(16-9)21-10(2)11-6-14(20)18(3)7-11/h5,8,10-11H,6-7H2,1-4H3/t10-,11-/m1/s1. The first kappa shape index (κ1) is 13.9. The van der Waals surface area contributed by atoms with Gasteiger partial charge in [0.1, 0.15) is 6.10 Å². The van der Waals surface area contributed by atoms with Crippen LogP contribution in [-0.4, -0.2) is 45.3 Å². The van der Waals surface area contributed by atoms with Gasteiger partial charge in [-0.25, -0.2) is 4.98 Å². The van der Waals surface area contributed by atoms with Gasteiger partial charge in [-0.2, -0.15) is 5.10 Å². The molecule has 0 bridgehead atoms. The minimum atomic E-state index is -0.0587. The Balaban J connectivity index is 1.86. The number of ether oxygens (including phenoxy) is 1. The number of nitrogens with zero attached hydrogens (tertiary/aromatic N) is 4. The van der Waals surface area contributed by atoms with Gasteiger partial charge in [0.15, 0.2) is 0 Å². The van der Waals surface area contributed by atoms with Crippen molar-refractivity contribution in [2.45, 2.75) is 26.4 Å². The number of hydrogen-bond acceptors (Lipinski definition) is 4. The summed E-state index contributed by atoms with van der Waals surface area (Å²) in [6.07, 6.45) is 2.40. The van der Waals surface area contributed by atoms with Crippen LogP contribution in [0.4, 0.5) is 0 Å². The quantitative estimate of drug-likeness (QED) is 0.859. The highest BCUT2D eigenvalue weighted by Crippen LogP contribution is 2.28. The second-order valence-electron chi connectivity index (χ2n) is 5.87. The van der Waals surface area contributed by atoms with Crippen molar-refractivity contribution in [3.63, 3.8) is 0 Å². The molecule has 2 aromatic heterocycles. The van der Waals surface area contributed by atoms with Crippen LogP contribution in [0.3, 0.4) is 0 Å². The van der Waals surface area contributed by atoms with Gasteiger partial charge in [0, 0.05) is 44.9 Å². The summed E-state index contributed by atoms with van der Waals surface area (Å²) in [5.41, 5.74) is 1.76. The van der Waals surface area contributed by atoms with Gasteiger partial charge in [0.05, 0.1) is 10.9 Å². The van der Waals surface area contributed by atoms with Crippen LogP contribution >= 0.6 is 0 Å². The van der Waals surface area contributed by atoms with Crippen molar-refractivity contribution >= 4 is 16.8 Å². The molecule has 0 saturated carbocycles. The number of carbonyl (C=O) groups excluding carboxylic acids is 1. The van der Waals surface area contributed by atoms with Crippen molar-refractivity contribution in [2.24, 2.45) is 13.0 Å². The van der Waals surface area contributed by atoms with E-state index in [2.05, 4.69) is 10.1 Å². The number of hydrogen-bond donors (Lipinski definition) is 0. The summed E-state index contributed by atoms with van der Waals surface area (Å²) < 4.78 is 7.82. The second kappa shape index (κ2) is 5.02. The molecule has 1 saturated heterocycles. The van der Waals surface area contributed by atoms with Gasteiger partial charge in [-0.05, 0) is 19.9 Å². The Kier molecular flexibility index (Phi) is 3.31. The summed E-state index contributed by atoms with van der Waals surface area (Å²) in [6, 6.07) is 1.94. The topological polar surface area (TPSA) is 60.3 Å². The third-order valence-corrected chi connectivity index (χ3v) is 4.04. The van der Waals surface area contributed by atoms with E-state index in [-0.39, 0.29) is 17.9 Å². The Morgan fingerprint density at radius 1 is 1.43 bits per heavy atom. The molecule has 1 amide bonds. The molecule has 112 valence electrons. The predicted octanol–water partition coefficient (Wildman–Crippen LogP) is 1.52. The molecular weight excluding hydrogens is 268 g/mol. The minimum Gasteiger partial charge on any atom is -0.474 e. The summed E-state index contributed by atoms with van der Waals surface area (Å²) in [5, 5.41) is 5.31. The number of likely N-dealkylation sites (tertiary alicyclic amines) is 1. The summed E-state index contributed by atoms with van der Waals surface area (Å²) >= 11 is 0. The normalized spacial score (nSPS) is 20.3. The highest BCUT2D eigenvalue weighted by atomic mass is 16.5. The first-order chi connectivity index (χ1) is 9.94. The predicted molar refractivity (Wildman–Crippen MR) is 79.1 cm³/mol. The van der Waals surface area contributed by atoms with Crippen molar-refractivity contribution < 1.29 is 9.53 Å². The molecule has 0 spiro atoms. The minimum absolute atomic E-state index is 0.0587. The molecule has 0 unspecified atom stereocenters. The van der Waals surface area contributed by atoms with Gasteiger partial charge in [-0.1, -0.05) is 0 Å².